The van der Waals surface area contributed by atoms with E-state index in [0.717, 1.165) is 32.2 Å². The van der Waals surface area contributed by atoms with Crippen LogP contribution in [0.15, 0.2) is 40.9 Å². The van der Waals surface area contributed by atoms with Gasteiger partial charge in [-0.05, 0) is 33.6 Å². The summed E-state index contributed by atoms with van der Waals surface area (Å²) in [7, 11) is 3.18. The van der Waals surface area contributed by atoms with Crippen LogP contribution in [0.25, 0.3) is 10.9 Å². The molecule has 1 aliphatic rings. The second-order valence-electron chi connectivity index (χ2n) is 6.49. The van der Waals surface area contributed by atoms with Crippen molar-refractivity contribution in [3.05, 3.63) is 57.7 Å². The van der Waals surface area contributed by atoms with Crippen LogP contribution in [0, 0.1) is 0 Å². The smallest absolute Gasteiger partial charge is 0.321 e. The van der Waals surface area contributed by atoms with Gasteiger partial charge in [-0.25, -0.2) is 0 Å². The summed E-state index contributed by atoms with van der Waals surface area (Å²) in [6.45, 7) is 0. The molecule has 6 nitrogen and oxygen atoms in total. The molecule has 0 saturated heterocycles. The number of hydrogen-bond acceptors (Lipinski definition) is 4. The fourth-order valence-electron chi connectivity index (χ4n) is 3.75. The summed E-state index contributed by atoms with van der Waals surface area (Å²) >= 11 is 3.52. The van der Waals surface area contributed by atoms with Crippen LogP contribution in [0.1, 0.15) is 22.9 Å². The first-order chi connectivity index (χ1) is 13.0. The van der Waals surface area contributed by atoms with Crippen LogP contribution in [0.5, 0.6) is 11.5 Å². The molecule has 0 fully saturated rings. The Labute approximate surface area is 164 Å². The molecule has 27 heavy (non-hydrogen) atoms. The molecular weight excluding hydrogens is 412 g/mol. The van der Waals surface area contributed by atoms with Gasteiger partial charge in [0.15, 0.2) is 0 Å². The molecule has 0 aliphatic carbocycles. The van der Waals surface area contributed by atoms with E-state index >= 15 is 0 Å². The minimum Gasteiger partial charge on any atom is -0.496 e. The number of para-hydroxylation sites is 1. The van der Waals surface area contributed by atoms with E-state index in [1.807, 2.05) is 30.3 Å². The fourth-order valence-corrected chi connectivity index (χ4v) is 4.27. The molecule has 0 radical (unpaired) electrons. The first-order valence-corrected chi connectivity index (χ1v) is 9.32. The lowest BCUT2D eigenvalue weighted by atomic mass is 9.90. The maximum Gasteiger partial charge on any atom is 0.321 e. The molecule has 0 bridgehead atoms. The Morgan fingerprint density at radius 2 is 1.93 bits per heavy atom. The van der Waals surface area contributed by atoms with E-state index in [9.17, 15) is 9.90 Å². The summed E-state index contributed by atoms with van der Waals surface area (Å²) in [5, 5.41) is 14.0. The molecule has 2 atom stereocenters. The Bertz CT molecular complexity index is 1030. The van der Waals surface area contributed by atoms with Crippen molar-refractivity contribution in [3.8, 4) is 11.5 Å². The van der Waals surface area contributed by atoms with E-state index in [4.69, 9.17) is 9.47 Å². The second-order valence-corrected chi connectivity index (χ2v) is 7.34. The highest BCUT2D eigenvalue weighted by molar-refractivity contribution is 9.10. The Balaban J connectivity index is 1.93. The average molecular weight is 431 g/mol. The quantitative estimate of drug-likeness (QED) is 0.588. The summed E-state index contributed by atoms with van der Waals surface area (Å²) in [4.78, 5) is 15.3. The SMILES string of the molecule is COc1cc(OC)c(C2NC(C(=O)O)Cc3c2[nH]c2ccccc32)cc1Br. The number of aliphatic carboxylic acids is 1. The number of fused-ring (bicyclic) bond motifs is 3. The molecule has 0 amide bonds. The van der Waals surface area contributed by atoms with Crippen molar-refractivity contribution >= 4 is 32.8 Å². The molecule has 0 saturated carbocycles. The maximum atomic E-state index is 11.8. The zero-order valence-electron chi connectivity index (χ0n) is 14.9. The van der Waals surface area contributed by atoms with Gasteiger partial charge in [-0.15, -0.1) is 0 Å². The normalized spacial score (nSPS) is 18.9. The van der Waals surface area contributed by atoms with Gasteiger partial charge in [-0.3, -0.25) is 10.1 Å². The highest BCUT2D eigenvalue weighted by Gasteiger charge is 2.35. The largest absolute Gasteiger partial charge is 0.496 e. The zero-order chi connectivity index (χ0) is 19.1. The van der Waals surface area contributed by atoms with Gasteiger partial charge in [0.05, 0.1) is 24.7 Å². The van der Waals surface area contributed by atoms with Gasteiger partial charge in [0.25, 0.3) is 0 Å². The molecule has 3 aromatic rings. The van der Waals surface area contributed by atoms with Crippen molar-refractivity contribution in [2.24, 2.45) is 0 Å². The van der Waals surface area contributed by atoms with Crippen LogP contribution in [0.2, 0.25) is 0 Å². The van der Waals surface area contributed by atoms with Crippen LogP contribution in [-0.4, -0.2) is 36.3 Å². The molecule has 7 heteroatoms. The number of benzene rings is 2. The number of H-pyrrole nitrogens is 1. The number of methoxy groups -OCH3 is 2. The number of hydrogen-bond donors (Lipinski definition) is 3. The molecule has 2 aromatic carbocycles. The molecule has 4 rings (SSSR count). The monoisotopic (exact) mass is 430 g/mol. The number of ether oxygens (including phenoxy) is 2. The number of aromatic nitrogens is 1. The predicted octanol–water partition coefficient (Wildman–Crippen LogP) is 3.64. The van der Waals surface area contributed by atoms with Gasteiger partial charge in [-0.2, -0.15) is 0 Å². The molecule has 0 spiro atoms. The fraction of sp³-hybridized carbons (Fsp3) is 0.250. The highest BCUT2D eigenvalue weighted by Crippen LogP contribution is 2.41. The van der Waals surface area contributed by atoms with Crippen molar-refractivity contribution in [2.45, 2.75) is 18.5 Å². The van der Waals surface area contributed by atoms with Crippen molar-refractivity contribution < 1.29 is 19.4 Å². The Hall–Kier alpha value is -2.51. The third-order valence-corrected chi connectivity index (χ3v) is 5.64. The summed E-state index contributed by atoms with van der Waals surface area (Å²) in [5.41, 5.74) is 3.82. The van der Waals surface area contributed by atoms with E-state index < -0.39 is 12.0 Å². The van der Waals surface area contributed by atoms with E-state index in [2.05, 4.69) is 26.2 Å². The van der Waals surface area contributed by atoms with Crippen LogP contribution in [0.3, 0.4) is 0 Å². The first kappa shape index (κ1) is 17.9. The molecule has 2 unspecified atom stereocenters. The van der Waals surface area contributed by atoms with Crippen LogP contribution in [0.4, 0.5) is 0 Å². The van der Waals surface area contributed by atoms with Crippen molar-refractivity contribution in [2.75, 3.05) is 14.2 Å². The van der Waals surface area contributed by atoms with E-state index in [0.29, 0.717) is 17.9 Å². The Kier molecular flexibility index (Phi) is 4.57. The molecule has 1 aromatic heterocycles. The molecular formula is C20H19BrN2O4. The molecule has 140 valence electrons. The third kappa shape index (κ3) is 2.96. The predicted molar refractivity (Wildman–Crippen MR) is 106 cm³/mol. The summed E-state index contributed by atoms with van der Waals surface area (Å²) in [6, 6.07) is 10.6. The molecule has 2 heterocycles. The topological polar surface area (TPSA) is 83.6 Å². The number of halogens is 1. The number of nitrogens with one attached hydrogen (secondary N) is 2. The minimum absolute atomic E-state index is 0.348. The zero-order valence-corrected chi connectivity index (χ0v) is 16.5. The van der Waals surface area contributed by atoms with Crippen LogP contribution in [-0.2, 0) is 11.2 Å². The lowest BCUT2D eigenvalue weighted by Crippen LogP contribution is -2.45. The first-order valence-electron chi connectivity index (χ1n) is 8.53. The molecule has 1 aliphatic heterocycles. The third-order valence-electron chi connectivity index (χ3n) is 5.02. The average Bonchev–Trinajstić information content (AvgIpc) is 3.05. The highest BCUT2D eigenvalue weighted by atomic mass is 79.9. The van der Waals surface area contributed by atoms with Crippen LogP contribution < -0.4 is 14.8 Å². The second kappa shape index (κ2) is 6.90. The van der Waals surface area contributed by atoms with Gasteiger partial charge in [0.1, 0.15) is 17.5 Å². The lowest BCUT2D eigenvalue weighted by Gasteiger charge is -2.30. The Morgan fingerprint density at radius 1 is 1.19 bits per heavy atom. The van der Waals surface area contributed by atoms with Gasteiger partial charge in [0.2, 0.25) is 0 Å². The van der Waals surface area contributed by atoms with Gasteiger partial charge >= 0.3 is 5.97 Å². The van der Waals surface area contributed by atoms with E-state index in [1.54, 1.807) is 20.3 Å². The number of rotatable bonds is 4. The van der Waals surface area contributed by atoms with Crippen LogP contribution >= 0.6 is 15.9 Å². The lowest BCUT2D eigenvalue weighted by molar-refractivity contribution is -0.139. The van der Waals surface area contributed by atoms with Crippen molar-refractivity contribution in [3.63, 3.8) is 0 Å². The molecule has 3 N–H and O–H groups in total. The minimum atomic E-state index is -0.873. The van der Waals surface area contributed by atoms with E-state index in [1.165, 1.54) is 0 Å². The summed E-state index contributed by atoms with van der Waals surface area (Å²) in [6.07, 6.45) is 0.421. The number of carbonyl (C=O) groups is 1. The van der Waals surface area contributed by atoms with Gasteiger partial charge in [-0.1, -0.05) is 18.2 Å². The van der Waals surface area contributed by atoms with Gasteiger partial charge in [0, 0.05) is 34.6 Å². The maximum absolute atomic E-state index is 11.8. The summed E-state index contributed by atoms with van der Waals surface area (Å²) < 4.78 is 11.7. The summed E-state index contributed by atoms with van der Waals surface area (Å²) in [5.74, 6) is 0.406. The number of carboxylic acids is 1. The number of carboxylic acid groups (broad SMARTS) is 1. The Morgan fingerprint density at radius 3 is 2.63 bits per heavy atom. The van der Waals surface area contributed by atoms with E-state index in [-0.39, 0.29) is 6.04 Å². The van der Waals surface area contributed by atoms with Crippen molar-refractivity contribution in [1.82, 2.24) is 10.3 Å². The standard InChI is InChI=1S/C20H19BrN2O4/c1-26-16-9-17(27-2)13(21)7-12(16)19-18-11(8-15(23-19)20(24)25)10-5-3-4-6-14(10)22-18/h3-7,9,15,19,22-23H,8H2,1-2H3,(H,24,25). The van der Waals surface area contributed by atoms with Gasteiger partial charge < -0.3 is 19.6 Å². The van der Waals surface area contributed by atoms with Crippen molar-refractivity contribution in [1.29, 1.82) is 0 Å². The number of aromatic amines is 1.